The second-order valence-electron chi connectivity index (χ2n) is 4.01. The Balaban J connectivity index is 2.25. The molecule has 0 bridgehead atoms. The van der Waals surface area contributed by atoms with Crippen LogP contribution in [0.15, 0.2) is 36.4 Å². The molecule has 0 aromatic heterocycles. The molecule has 0 saturated carbocycles. The molecule has 2 aromatic carbocycles. The number of carbonyl (C=O) groups is 1. The van der Waals surface area contributed by atoms with E-state index in [0.717, 1.165) is 12.1 Å². The summed E-state index contributed by atoms with van der Waals surface area (Å²) in [6.45, 7) is 0. The van der Waals surface area contributed by atoms with Crippen molar-refractivity contribution >= 4 is 51.5 Å². The summed E-state index contributed by atoms with van der Waals surface area (Å²) in [4.78, 5) is 21.8. The van der Waals surface area contributed by atoms with Crippen LogP contribution in [0.1, 0.15) is 10.4 Å². The number of anilines is 1. The fourth-order valence-electron chi connectivity index (χ4n) is 1.57. The molecule has 0 atom stereocenters. The molecule has 0 saturated heterocycles. The molecule has 108 valence electrons. The molecule has 5 nitrogen and oxygen atoms in total. The van der Waals surface area contributed by atoms with Crippen LogP contribution in [0.2, 0.25) is 5.02 Å². The van der Waals surface area contributed by atoms with Crippen molar-refractivity contribution in [1.29, 1.82) is 0 Å². The van der Waals surface area contributed by atoms with Gasteiger partial charge < -0.3 is 5.32 Å². The summed E-state index contributed by atoms with van der Waals surface area (Å²) < 4.78 is 13.9. The third-order valence-corrected chi connectivity index (χ3v) is 4.12. The lowest BCUT2D eigenvalue weighted by atomic mass is 10.2. The van der Waals surface area contributed by atoms with Crippen LogP contribution in [0.3, 0.4) is 0 Å². The first kappa shape index (κ1) is 15.6. The maximum atomic E-state index is 13.2. The normalized spacial score (nSPS) is 10.2. The van der Waals surface area contributed by atoms with Crippen molar-refractivity contribution in [1.82, 2.24) is 0 Å². The number of nitro groups is 1. The molecule has 2 aromatic rings. The van der Waals surface area contributed by atoms with E-state index in [-0.39, 0.29) is 5.69 Å². The summed E-state index contributed by atoms with van der Waals surface area (Å²) in [7, 11) is 0. The monoisotopic (exact) mass is 420 g/mol. The lowest BCUT2D eigenvalue weighted by Crippen LogP contribution is -2.12. The van der Waals surface area contributed by atoms with Crippen LogP contribution in [0.5, 0.6) is 0 Å². The highest BCUT2D eigenvalue weighted by molar-refractivity contribution is 14.1. The highest BCUT2D eigenvalue weighted by atomic mass is 127. The van der Waals surface area contributed by atoms with Crippen LogP contribution in [0.4, 0.5) is 15.8 Å². The number of halogens is 3. The number of nitrogens with one attached hydrogen (secondary N) is 1. The quantitative estimate of drug-likeness (QED) is 0.458. The minimum absolute atomic E-state index is 0.137. The van der Waals surface area contributed by atoms with Crippen LogP contribution >= 0.6 is 34.2 Å². The summed E-state index contributed by atoms with van der Waals surface area (Å²) in [6, 6.07) is 7.83. The van der Waals surface area contributed by atoms with Crippen molar-refractivity contribution in [2.75, 3.05) is 5.32 Å². The van der Waals surface area contributed by atoms with E-state index in [4.69, 9.17) is 11.6 Å². The predicted octanol–water partition coefficient (Wildman–Crippen LogP) is 4.24. The minimum atomic E-state index is -0.959. The molecule has 0 spiro atoms. The van der Waals surface area contributed by atoms with Gasteiger partial charge in [-0.25, -0.2) is 0 Å². The zero-order valence-electron chi connectivity index (χ0n) is 10.3. The lowest BCUT2D eigenvalue weighted by Gasteiger charge is -2.06. The molecule has 8 heteroatoms. The Hall–Kier alpha value is -1.74. The molecule has 0 aliphatic heterocycles. The molecular formula is C13H7ClFIN2O3. The standard InChI is InChI=1S/C13H7ClFIN2O3/c14-9-3-1-7(5-11(9)16)13(19)17-8-2-4-10(15)12(6-8)18(20)21/h1-6H,(H,17,19). The van der Waals surface area contributed by atoms with Gasteiger partial charge in [-0.15, -0.1) is 0 Å². The number of amides is 1. The molecular weight excluding hydrogens is 414 g/mol. The third kappa shape index (κ3) is 3.67. The zero-order chi connectivity index (χ0) is 15.6. The Kier molecular flexibility index (Phi) is 4.73. The molecule has 2 rings (SSSR count). The fourth-order valence-corrected chi connectivity index (χ4v) is 2.20. The van der Waals surface area contributed by atoms with E-state index in [1.165, 1.54) is 12.1 Å². The number of rotatable bonds is 3. The maximum absolute atomic E-state index is 13.2. The lowest BCUT2D eigenvalue weighted by molar-refractivity contribution is -0.387. The average Bonchev–Trinajstić information content (AvgIpc) is 2.43. The fraction of sp³-hybridized carbons (Fsp3) is 0. The summed E-state index contributed by atoms with van der Waals surface area (Å²) in [5.41, 5.74) is -0.215. The topological polar surface area (TPSA) is 72.2 Å². The van der Waals surface area contributed by atoms with E-state index >= 15 is 0 Å². The van der Waals surface area contributed by atoms with Gasteiger partial charge in [-0.3, -0.25) is 14.9 Å². The maximum Gasteiger partial charge on any atom is 0.306 e. The van der Waals surface area contributed by atoms with E-state index < -0.39 is 22.3 Å². The van der Waals surface area contributed by atoms with Crippen LogP contribution in [0.25, 0.3) is 0 Å². The average molecular weight is 421 g/mol. The van der Waals surface area contributed by atoms with Crippen molar-refractivity contribution in [2.24, 2.45) is 0 Å². The molecule has 0 unspecified atom stereocenters. The smallest absolute Gasteiger partial charge is 0.306 e. The second-order valence-corrected chi connectivity index (χ2v) is 5.58. The van der Waals surface area contributed by atoms with Crippen molar-refractivity contribution < 1.29 is 14.1 Å². The number of carbonyl (C=O) groups excluding carboxylic acids is 1. The summed E-state index contributed by atoms with van der Waals surface area (Å²) >= 11 is 7.84. The Bertz CT molecular complexity index is 739. The molecule has 21 heavy (non-hydrogen) atoms. The van der Waals surface area contributed by atoms with E-state index in [2.05, 4.69) is 5.32 Å². The Labute approximate surface area is 137 Å². The SMILES string of the molecule is O=C(Nc1ccc(F)c([N+](=O)[O-])c1)c1ccc(Cl)c(I)c1. The first-order valence-electron chi connectivity index (χ1n) is 5.59. The first-order valence-corrected chi connectivity index (χ1v) is 7.04. The third-order valence-electron chi connectivity index (χ3n) is 2.58. The van der Waals surface area contributed by atoms with Crippen molar-refractivity contribution in [3.8, 4) is 0 Å². The van der Waals surface area contributed by atoms with Gasteiger partial charge in [0.1, 0.15) is 0 Å². The predicted molar refractivity (Wildman–Crippen MR) is 85.2 cm³/mol. The van der Waals surface area contributed by atoms with Crippen molar-refractivity contribution in [2.45, 2.75) is 0 Å². The number of hydrogen-bond acceptors (Lipinski definition) is 3. The highest BCUT2D eigenvalue weighted by Gasteiger charge is 2.16. The summed E-state index contributed by atoms with van der Waals surface area (Å²) in [5.74, 6) is -1.43. The van der Waals surface area contributed by atoms with Gasteiger partial charge in [-0.1, -0.05) is 11.6 Å². The number of nitrogens with zero attached hydrogens (tertiary/aromatic N) is 1. The van der Waals surface area contributed by atoms with Crippen molar-refractivity contribution in [3.63, 3.8) is 0 Å². The number of benzene rings is 2. The number of nitro benzene ring substituents is 1. The zero-order valence-corrected chi connectivity index (χ0v) is 13.2. The van der Waals surface area contributed by atoms with Crippen LogP contribution in [-0.4, -0.2) is 10.8 Å². The summed E-state index contributed by atoms with van der Waals surface area (Å²) in [5, 5.41) is 13.6. The van der Waals surface area contributed by atoms with Gasteiger partial charge in [0.05, 0.1) is 9.95 Å². The molecule has 1 N–H and O–H groups in total. The van der Waals surface area contributed by atoms with Gasteiger partial charge in [-0.05, 0) is 52.9 Å². The van der Waals surface area contributed by atoms with Gasteiger partial charge >= 0.3 is 5.69 Å². The van der Waals surface area contributed by atoms with Crippen LogP contribution in [-0.2, 0) is 0 Å². The second kappa shape index (κ2) is 6.35. The van der Waals surface area contributed by atoms with E-state index in [9.17, 15) is 19.3 Å². The van der Waals surface area contributed by atoms with Crippen LogP contribution in [0, 0.1) is 19.5 Å². The Morgan fingerprint density at radius 1 is 1.29 bits per heavy atom. The number of hydrogen-bond donors (Lipinski definition) is 1. The van der Waals surface area contributed by atoms with Gasteiger partial charge in [-0.2, -0.15) is 4.39 Å². The van der Waals surface area contributed by atoms with E-state index in [1.807, 2.05) is 22.6 Å². The van der Waals surface area contributed by atoms with Gasteiger partial charge in [0.15, 0.2) is 0 Å². The largest absolute Gasteiger partial charge is 0.322 e. The molecule has 0 fully saturated rings. The molecule has 0 heterocycles. The van der Waals surface area contributed by atoms with Gasteiger partial charge in [0.25, 0.3) is 5.91 Å². The molecule has 0 aliphatic carbocycles. The molecule has 0 aliphatic rings. The first-order chi connectivity index (χ1) is 9.88. The summed E-state index contributed by atoms with van der Waals surface area (Å²) in [6.07, 6.45) is 0. The Morgan fingerprint density at radius 3 is 2.62 bits per heavy atom. The molecule has 0 radical (unpaired) electrons. The van der Waals surface area contributed by atoms with E-state index in [1.54, 1.807) is 12.1 Å². The van der Waals surface area contributed by atoms with Crippen molar-refractivity contribution in [3.05, 3.63) is 66.5 Å². The van der Waals surface area contributed by atoms with Gasteiger partial charge in [0, 0.05) is 20.9 Å². The Morgan fingerprint density at radius 2 is 2.00 bits per heavy atom. The van der Waals surface area contributed by atoms with E-state index in [0.29, 0.717) is 14.2 Å². The molecule has 1 amide bonds. The highest BCUT2D eigenvalue weighted by Crippen LogP contribution is 2.23. The van der Waals surface area contributed by atoms with Gasteiger partial charge in [0.2, 0.25) is 5.82 Å². The van der Waals surface area contributed by atoms with Crippen LogP contribution < -0.4 is 5.32 Å². The minimum Gasteiger partial charge on any atom is -0.322 e.